The molecule has 1 aromatic carbocycles. The van der Waals surface area contributed by atoms with Crippen molar-refractivity contribution in [2.24, 2.45) is 0 Å². The van der Waals surface area contributed by atoms with E-state index in [0.717, 1.165) is 22.6 Å². The molecule has 0 atom stereocenters. The third kappa shape index (κ3) is 5.35. The second-order valence-electron chi connectivity index (χ2n) is 7.34. The minimum Gasteiger partial charge on any atom is -0.378 e. The van der Waals surface area contributed by atoms with Gasteiger partial charge in [-0.3, -0.25) is 10.1 Å². The smallest absolute Gasteiger partial charge is 0.269 e. The summed E-state index contributed by atoms with van der Waals surface area (Å²) in [6.45, 7) is 5.62. The third-order valence-electron chi connectivity index (χ3n) is 5.29. The highest BCUT2D eigenvalue weighted by Crippen LogP contribution is 2.27. The molecule has 0 spiro atoms. The maximum absolute atomic E-state index is 12.2. The lowest BCUT2D eigenvalue weighted by molar-refractivity contribution is -0.384. The topological polar surface area (TPSA) is 119 Å². The lowest BCUT2D eigenvalue weighted by Gasteiger charge is -2.35. The van der Waals surface area contributed by atoms with E-state index in [9.17, 15) is 18.5 Å². The van der Waals surface area contributed by atoms with Gasteiger partial charge in [-0.05, 0) is 19.4 Å². The molecular formula is C20H27N5O5S. The fourth-order valence-electron chi connectivity index (χ4n) is 3.64. The maximum Gasteiger partial charge on any atom is 0.269 e. The zero-order valence-electron chi connectivity index (χ0n) is 17.9. The van der Waals surface area contributed by atoms with Gasteiger partial charge >= 0.3 is 0 Å². The Morgan fingerprint density at radius 2 is 1.77 bits per heavy atom. The number of aromatic nitrogens is 2. The van der Waals surface area contributed by atoms with Crippen LogP contribution >= 0.6 is 0 Å². The lowest BCUT2D eigenvalue weighted by Crippen LogP contribution is -2.49. The first kappa shape index (κ1) is 23.0. The normalized spacial score (nSPS) is 15.3. The molecular weight excluding hydrogens is 422 g/mol. The van der Waals surface area contributed by atoms with Crippen molar-refractivity contribution >= 4 is 21.5 Å². The molecule has 0 unspecified atom stereocenters. The molecule has 0 amide bonds. The van der Waals surface area contributed by atoms with Crippen LogP contribution in [0.15, 0.2) is 24.3 Å². The second-order valence-corrected chi connectivity index (χ2v) is 9.60. The number of rotatable bonds is 8. The average molecular weight is 450 g/mol. The van der Waals surface area contributed by atoms with Gasteiger partial charge in [0, 0.05) is 57.4 Å². The first-order chi connectivity index (χ1) is 14.7. The van der Waals surface area contributed by atoms with Crippen LogP contribution in [0.2, 0.25) is 0 Å². The minimum atomic E-state index is -3.22. The van der Waals surface area contributed by atoms with Crippen molar-refractivity contribution < 1.29 is 18.1 Å². The number of anilines is 1. The highest BCUT2D eigenvalue weighted by Gasteiger charge is 2.28. The van der Waals surface area contributed by atoms with Crippen molar-refractivity contribution in [1.29, 1.82) is 0 Å². The Morgan fingerprint density at radius 3 is 2.32 bits per heavy atom. The highest BCUT2D eigenvalue weighted by molar-refractivity contribution is 7.89. The summed E-state index contributed by atoms with van der Waals surface area (Å²) in [5.41, 5.74) is 2.57. The van der Waals surface area contributed by atoms with Crippen LogP contribution in [0.4, 0.5) is 11.5 Å². The summed E-state index contributed by atoms with van der Waals surface area (Å²) >= 11 is 0. The molecule has 0 saturated carbocycles. The van der Waals surface area contributed by atoms with E-state index in [2.05, 4.69) is 14.9 Å². The lowest BCUT2D eigenvalue weighted by atomic mass is 10.0. The van der Waals surface area contributed by atoms with Crippen LogP contribution < -0.4 is 4.90 Å². The van der Waals surface area contributed by atoms with Crippen molar-refractivity contribution in [3.8, 4) is 0 Å². The van der Waals surface area contributed by atoms with Crippen molar-refractivity contribution in [1.82, 2.24) is 14.3 Å². The highest BCUT2D eigenvalue weighted by atomic mass is 32.2. The summed E-state index contributed by atoms with van der Waals surface area (Å²) < 4.78 is 31.2. The van der Waals surface area contributed by atoms with Crippen LogP contribution in [-0.2, 0) is 27.8 Å². The Hall–Kier alpha value is -2.63. The Labute approximate surface area is 182 Å². The van der Waals surface area contributed by atoms with Gasteiger partial charge in [0.25, 0.3) is 5.69 Å². The summed E-state index contributed by atoms with van der Waals surface area (Å²) in [4.78, 5) is 21.8. The number of nitro benzene ring substituents is 1. The molecule has 1 aliphatic rings. The zero-order valence-corrected chi connectivity index (χ0v) is 18.8. The SMILES string of the molecule is CCS(=O)(=O)N1CCN(c2nc(C)nc(COC)c2Cc2ccc([N+](=O)[O-])cc2)CC1. The van der Waals surface area contributed by atoms with Crippen LogP contribution in [0.5, 0.6) is 0 Å². The summed E-state index contributed by atoms with van der Waals surface area (Å²) in [5.74, 6) is 1.45. The molecule has 0 aliphatic carbocycles. The van der Waals surface area contributed by atoms with E-state index in [1.165, 1.54) is 16.4 Å². The molecule has 2 heterocycles. The average Bonchev–Trinajstić information content (AvgIpc) is 2.76. The maximum atomic E-state index is 12.2. The van der Waals surface area contributed by atoms with E-state index >= 15 is 0 Å². The Balaban J connectivity index is 1.92. The number of aryl methyl sites for hydroxylation is 1. The van der Waals surface area contributed by atoms with Crippen LogP contribution in [0.25, 0.3) is 0 Å². The van der Waals surface area contributed by atoms with E-state index < -0.39 is 14.9 Å². The van der Waals surface area contributed by atoms with Gasteiger partial charge in [-0.1, -0.05) is 12.1 Å². The number of benzene rings is 1. The Bertz CT molecular complexity index is 1030. The number of non-ortho nitro benzene ring substituents is 1. The summed E-state index contributed by atoms with van der Waals surface area (Å²) in [6.07, 6.45) is 0.486. The largest absolute Gasteiger partial charge is 0.378 e. The molecule has 0 bridgehead atoms. The number of methoxy groups -OCH3 is 1. The van der Waals surface area contributed by atoms with Crippen LogP contribution in [0, 0.1) is 17.0 Å². The first-order valence-electron chi connectivity index (χ1n) is 10.1. The molecule has 3 rings (SSSR count). The van der Waals surface area contributed by atoms with Gasteiger partial charge in [0.05, 0.1) is 23.0 Å². The third-order valence-corrected chi connectivity index (χ3v) is 7.17. The number of hydrogen-bond acceptors (Lipinski definition) is 8. The summed E-state index contributed by atoms with van der Waals surface area (Å²) in [5, 5.41) is 10.9. The molecule has 1 aromatic heterocycles. The molecule has 168 valence electrons. The standard InChI is InChI=1S/C20H27N5O5S/c1-4-31(28,29)24-11-9-23(10-12-24)20-18(19(14-30-3)21-15(2)22-20)13-16-5-7-17(8-6-16)25(26)27/h5-8H,4,9-14H2,1-3H3. The van der Waals surface area contributed by atoms with Crippen LogP contribution in [0.1, 0.15) is 29.6 Å². The molecule has 1 fully saturated rings. The Morgan fingerprint density at radius 1 is 1.13 bits per heavy atom. The fraction of sp³-hybridized carbons (Fsp3) is 0.500. The second kappa shape index (κ2) is 9.67. The number of ether oxygens (including phenoxy) is 1. The van der Waals surface area contributed by atoms with Crippen molar-refractivity contribution in [2.75, 3.05) is 43.9 Å². The van der Waals surface area contributed by atoms with Gasteiger partial charge in [-0.2, -0.15) is 4.31 Å². The van der Waals surface area contributed by atoms with Gasteiger partial charge in [0.15, 0.2) is 0 Å². The van der Waals surface area contributed by atoms with E-state index in [4.69, 9.17) is 4.74 Å². The number of nitro groups is 1. The Kier molecular flexibility index (Phi) is 7.19. The van der Waals surface area contributed by atoms with Crippen LogP contribution in [-0.4, -0.2) is 66.7 Å². The van der Waals surface area contributed by atoms with E-state index in [-0.39, 0.29) is 11.4 Å². The first-order valence-corrected chi connectivity index (χ1v) is 11.7. The molecule has 0 radical (unpaired) electrons. The van der Waals surface area contributed by atoms with Crippen molar-refractivity contribution in [3.63, 3.8) is 0 Å². The van der Waals surface area contributed by atoms with E-state index in [0.29, 0.717) is 45.0 Å². The number of piperazine rings is 1. The van der Waals surface area contributed by atoms with Crippen LogP contribution in [0.3, 0.4) is 0 Å². The van der Waals surface area contributed by atoms with Crippen molar-refractivity contribution in [3.05, 3.63) is 57.0 Å². The quantitative estimate of drug-likeness (QED) is 0.443. The predicted octanol–water partition coefficient (Wildman–Crippen LogP) is 1.90. The molecule has 11 heteroatoms. The van der Waals surface area contributed by atoms with Gasteiger partial charge in [-0.25, -0.2) is 18.4 Å². The molecule has 1 aliphatic heterocycles. The molecule has 0 N–H and O–H groups in total. The van der Waals surface area contributed by atoms with Gasteiger partial charge < -0.3 is 9.64 Å². The monoisotopic (exact) mass is 449 g/mol. The van der Waals surface area contributed by atoms with Gasteiger partial charge in [0.1, 0.15) is 11.6 Å². The summed E-state index contributed by atoms with van der Waals surface area (Å²) in [6, 6.07) is 6.41. The molecule has 10 nitrogen and oxygen atoms in total. The summed E-state index contributed by atoms with van der Waals surface area (Å²) in [7, 11) is -1.62. The molecule has 2 aromatic rings. The van der Waals surface area contributed by atoms with Gasteiger partial charge in [-0.15, -0.1) is 0 Å². The van der Waals surface area contributed by atoms with Gasteiger partial charge in [0.2, 0.25) is 10.0 Å². The zero-order chi connectivity index (χ0) is 22.6. The van der Waals surface area contributed by atoms with Crippen molar-refractivity contribution in [2.45, 2.75) is 26.9 Å². The fourth-order valence-corrected chi connectivity index (χ4v) is 4.72. The predicted molar refractivity (Wildman–Crippen MR) is 117 cm³/mol. The van der Waals surface area contributed by atoms with E-state index in [1.807, 2.05) is 6.92 Å². The van der Waals surface area contributed by atoms with E-state index in [1.54, 1.807) is 26.2 Å². The number of sulfonamides is 1. The molecule has 31 heavy (non-hydrogen) atoms. The number of hydrogen-bond donors (Lipinski definition) is 0. The number of nitrogens with zero attached hydrogens (tertiary/aromatic N) is 5. The molecule has 1 saturated heterocycles. The minimum absolute atomic E-state index is 0.0366.